The number of rotatable bonds is 6. The molecule has 3 atom stereocenters. The highest BCUT2D eigenvalue weighted by Crippen LogP contribution is 2.22. The third-order valence-corrected chi connectivity index (χ3v) is 4.65. The number of carboxylic acid groups (broad SMARTS) is 1. The zero-order valence-electron chi connectivity index (χ0n) is 13.8. The van der Waals surface area contributed by atoms with Gasteiger partial charge in [0.2, 0.25) is 5.91 Å². The van der Waals surface area contributed by atoms with Crippen molar-refractivity contribution in [3.63, 3.8) is 0 Å². The summed E-state index contributed by atoms with van der Waals surface area (Å²) >= 11 is 0. The number of carboxylic acids is 1. The first-order valence-corrected chi connectivity index (χ1v) is 8.30. The van der Waals surface area contributed by atoms with Crippen LogP contribution < -0.4 is 5.73 Å². The van der Waals surface area contributed by atoms with Gasteiger partial charge in [0.05, 0.1) is 12.1 Å². The molecule has 2 aromatic heterocycles. The highest BCUT2D eigenvalue weighted by molar-refractivity contribution is 5.82. The summed E-state index contributed by atoms with van der Waals surface area (Å²) in [5, 5.41) is 19.0. The fourth-order valence-electron chi connectivity index (χ4n) is 3.26. The molecule has 0 unspecified atom stereocenters. The Morgan fingerprint density at radius 1 is 1.36 bits per heavy atom. The molecule has 0 bridgehead atoms. The van der Waals surface area contributed by atoms with E-state index < -0.39 is 18.1 Å². The molecule has 134 valence electrons. The Morgan fingerprint density at radius 3 is 2.92 bits per heavy atom. The highest BCUT2D eigenvalue weighted by Gasteiger charge is 2.35. The molecule has 0 saturated carbocycles. The van der Waals surface area contributed by atoms with Crippen LogP contribution in [0.25, 0.3) is 5.65 Å². The first-order chi connectivity index (χ1) is 11.9. The van der Waals surface area contributed by atoms with Crippen molar-refractivity contribution < 1.29 is 19.8 Å². The second-order valence-electron chi connectivity index (χ2n) is 6.54. The van der Waals surface area contributed by atoms with E-state index in [9.17, 15) is 14.7 Å². The molecule has 1 fully saturated rings. The third kappa shape index (κ3) is 3.97. The van der Waals surface area contributed by atoms with Crippen LogP contribution >= 0.6 is 0 Å². The third-order valence-electron chi connectivity index (χ3n) is 4.65. The monoisotopic (exact) mass is 346 g/mol. The van der Waals surface area contributed by atoms with Crippen molar-refractivity contribution in [3.8, 4) is 0 Å². The summed E-state index contributed by atoms with van der Waals surface area (Å²) in [6, 6.07) is 3.05. The number of hydrogen-bond acceptors (Lipinski definition) is 5. The van der Waals surface area contributed by atoms with Crippen LogP contribution in [0.15, 0.2) is 30.7 Å². The van der Waals surface area contributed by atoms with Crippen LogP contribution in [0.5, 0.6) is 0 Å². The lowest BCUT2D eigenvalue weighted by Gasteiger charge is -2.20. The van der Waals surface area contributed by atoms with Gasteiger partial charge in [0.25, 0.3) is 0 Å². The summed E-state index contributed by atoms with van der Waals surface area (Å²) in [4.78, 5) is 28.7. The fraction of sp³-hybridized carbons (Fsp3) is 0.471. The zero-order chi connectivity index (χ0) is 18.0. The fourth-order valence-corrected chi connectivity index (χ4v) is 3.26. The Bertz CT molecular complexity index is 775. The van der Waals surface area contributed by atoms with E-state index in [1.165, 1.54) is 4.90 Å². The molecular weight excluding hydrogens is 324 g/mol. The number of aliphatic hydroxyl groups excluding tert-OH is 1. The number of nitrogens with two attached hydrogens (primary N) is 1. The smallest absolute Gasteiger partial charge is 0.303 e. The molecule has 2 aromatic rings. The summed E-state index contributed by atoms with van der Waals surface area (Å²) in [5.41, 5.74) is 7.71. The molecule has 1 aliphatic heterocycles. The molecule has 8 heteroatoms. The van der Waals surface area contributed by atoms with Crippen molar-refractivity contribution >= 4 is 17.5 Å². The molecule has 3 rings (SSSR count). The number of β-amino-alcohol motifs (C(OH)–C–C–N with tert-alkyl or cyclic N) is 1. The van der Waals surface area contributed by atoms with Crippen LogP contribution in [0.2, 0.25) is 0 Å². The Kier molecular flexibility index (Phi) is 5.00. The maximum Gasteiger partial charge on any atom is 0.303 e. The van der Waals surface area contributed by atoms with Gasteiger partial charge in [-0.2, -0.15) is 0 Å². The summed E-state index contributed by atoms with van der Waals surface area (Å²) < 4.78 is 1.92. The summed E-state index contributed by atoms with van der Waals surface area (Å²) in [6.07, 6.45) is 5.54. The molecule has 1 amide bonds. The molecule has 25 heavy (non-hydrogen) atoms. The second kappa shape index (κ2) is 7.20. The second-order valence-corrected chi connectivity index (χ2v) is 6.54. The van der Waals surface area contributed by atoms with Gasteiger partial charge in [0.1, 0.15) is 5.65 Å². The lowest BCUT2D eigenvalue weighted by molar-refractivity contribution is -0.137. The van der Waals surface area contributed by atoms with E-state index in [1.54, 1.807) is 6.20 Å². The zero-order valence-corrected chi connectivity index (χ0v) is 13.8. The maximum absolute atomic E-state index is 12.3. The van der Waals surface area contributed by atoms with Crippen molar-refractivity contribution in [3.05, 3.63) is 36.3 Å². The van der Waals surface area contributed by atoms with Gasteiger partial charge in [-0.25, -0.2) is 4.98 Å². The molecule has 0 aliphatic carbocycles. The van der Waals surface area contributed by atoms with Crippen molar-refractivity contribution in [1.82, 2.24) is 14.3 Å². The van der Waals surface area contributed by atoms with Gasteiger partial charge >= 0.3 is 5.97 Å². The molecule has 4 N–H and O–H groups in total. The minimum absolute atomic E-state index is 0.0726. The Labute approximate surface area is 144 Å². The number of likely N-dealkylation sites (tertiary alicyclic amines) is 1. The number of amides is 1. The van der Waals surface area contributed by atoms with Crippen LogP contribution in [0, 0.1) is 5.92 Å². The number of nitrogens with zero attached hydrogens (tertiary/aromatic N) is 3. The largest absolute Gasteiger partial charge is 0.481 e. The minimum atomic E-state index is -0.975. The molecule has 0 spiro atoms. The van der Waals surface area contributed by atoms with Crippen LogP contribution in [0.1, 0.15) is 18.4 Å². The summed E-state index contributed by atoms with van der Waals surface area (Å²) in [6.45, 7) is 0.653. The Balaban J connectivity index is 1.60. The van der Waals surface area contributed by atoms with Crippen LogP contribution in [-0.2, 0) is 16.0 Å². The van der Waals surface area contributed by atoms with Gasteiger partial charge in [-0.15, -0.1) is 0 Å². The first-order valence-electron chi connectivity index (χ1n) is 8.30. The number of aliphatic carboxylic acids is 1. The SMILES string of the molecule is N[C@@H](CCC(=O)O)C(=O)N1C[C@H](Cc2ccc3nccn3c2)[C@H](O)C1. The van der Waals surface area contributed by atoms with E-state index >= 15 is 0 Å². The molecule has 1 saturated heterocycles. The van der Waals surface area contributed by atoms with Crippen molar-refractivity contribution in [2.75, 3.05) is 13.1 Å². The highest BCUT2D eigenvalue weighted by atomic mass is 16.4. The van der Waals surface area contributed by atoms with Crippen LogP contribution in [0.4, 0.5) is 0 Å². The summed E-state index contributed by atoms with van der Waals surface area (Å²) in [5.74, 6) is -1.35. The number of aliphatic hydroxyl groups is 1. The Hall–Kier alpha value is -2.45. The van der Waals surface area contributed by atoms with E-state index in [1.807, 2.05) is 28.9 Å². The minimum Gasteiger partial charge on any atom is -0.481 e. The predicted molar refractivity (Wildman–Crippen MR) is 89.8 cm³/mol. The van der Waals surface area contributed by atoms with Gasteiger partial charge in [-0.05, 0) is 24.5 Å². The number of hydrogen-bond donors (Lipinski definition) is 3. The van der Waals surface area contributed by atoms with Crippen molar-refractivity contribution in [1.29, 1.82) is 0 Å². The molecule has 0 aromatic carbocycles. The number of pyridine rings is 1. The molecule has 8 nitrogen and oxygen atoms in total. The summed E-state index contributed by atoms with van der Waals surface area (Å²) in [7, 11) is 0. The van der Waals surface area contributed by atoms with Crippen molar-refractivity contribution in [2.45, 2.75) is 31.4 Å². The van der Waals surface area contributed by atoms with E-state index in [0.29, 0.717) is 13.0 Å². The normalized spacial score (nSPS) is 21.6. The number of carbonyl (C=O) groups excluding carboxylic acids is 1. The number of carbonyl (C=O) groups is 2. The van der Waals surface area contributed by atoms with Gasteiger partial charge in [0.15, 0.2) is 0 Å². The van der Waals surface area contributed by atoms with E-state index in [-0.39, 0.29) is 31.2 Å². The van der Waals surface area contributed by atoms with Crippen LogP contribution in [0.3, 0.4) is 0 Å². The molecule has 3 heterocycles. The van der Waals surface area contributed by atoms with Crippen LogP contribution in [-0.4, -0.2) is 61.6 Å². The average Bonchev–Trinajstić information content (AvgIpc) is 3.18. The molecule has 1 aliphatic rings. The Morgan fingerprint density at radius 2 is 2.16 bits per heavy atom. The lowest BCUT2D eigenvalue weighted by Crippen LogP contribution is -2.43. The van der Waals surface area contributed by atoms with E-state index in [4.69, 9.17) is 10.8 Å². The van der Waals surface area contributed by atoms with Crippen molar-refractivity contribution in [2.24, 2.45) is 11.7 Å². The number of imidazole rings is 1. The average molecular weight is 346 g/mol. The quantitative estimate of drug-likeness (QED) is 0.671. The number of fused-ring (bicyclic) bond motifs is 1. The standard InChI is InChI=1S/C17H22N4O4/c18-13(2-4-16(23)24)17(25)21-9-12(14(22)10-21)7-11-1-3-15-19-5-6-20(15)8-11/h1,3,5-6,8,12-14,22H,2,4,7,9-10,18H2,(H,23,24)/t12-,13-,14+/m0/s1. The number of aromatic nitrogens is 2. The van der Waals surface area contributed by atoms with Gasteiger partial charge in [-0.3, -0.25) is 9.59 Å². The van der Waals surface area contributed by atoms with Gasteiger partial charge in [0, 0.05) is 44.0 Å². The lowest BCUT2D eigenvalue weighted by atomic mass is 9.98. The topological polar surface area (TPSA) is 121 Å². The molecule has 0 radical (unpaired) electrons. The first kappa shape index (κ1) is 17.4. The van der Waals surface area contributed by atoms with Gasteiger partial charge < -0.3 is 25.2 Å². The van der Waals surface area contributed by atoms with Gasteiger partial charge in [-0.1, -0.05) is 6.07 Å². The van der Waals surface area contributed by atoms with E-state index in [2.05, 4.69) is 4.98 Å². The van der Waals surface area contributed by atoms with E-state index in [0.717, 1.165) is 11.2 Å². The predicted octanol–water partition coefficient (Wildman–Crippen LogP) is -0.112. The molecular formula is C17H22N4O4. The maximum atomic E-state index is 12.3.